The van der Waals surface area contributed by atoms with Gasteiger partial charge in [-0.3, -0.25) is 9.59 Å². The van der Waals surface area contributed by atoms with Crippen molar-refractivity contribution in [3.05, 3.63) is 72.6 Å². The molecule has 2 aromatic heterocycles. The third-order valence-electron chi connectivity index (χ3n) is 10.9. The molecule has 0 bridgehead atoms. The van der Waals surface area contributed by atoms with Crippen LogP contribution in [0.2, 0.25) is 0 Å². The van der Waals surface area contributed by atoms with Gasteiger partial charge in [0.05, 0.1) is 43.0 Å². The van der Waals surface area contributed by atoms with Gasteiger partial charge < -0.3 is 34.6 Å². The van der Waals surface area contributed by atoms with E-state index in [0.29, 0.717) is 19.8 Å². The van der Waals surface area contributed by atoms with Crippen molar-refractivity contribution in [2.75, 3.05) is 26.9 Å². The van der Waals surface area contributed by atoms with E-state index in [-0.39, 0.29) is 35.4 Å². The summed E-state index contributed by atoms with van der Waals surface area (Å²) in [5, 5.41) is 2.70. The number of aromatic amines is 2. The molecular formula is C39H47N7O5. The van der Waals surface area contributed by atoms with Crippen LogP contribution in [-0.4, -0.2) is 86.1 Å². The Labute approximate surface area is 298 Å². The zero-order valence-corrected chi connectivity index (χ0v) is 29.8. The number of nitrogens with one attached hydrogen (secondary N) is 3. The van der Waals surface area contributed by atoms with E-state index in [1.165, 1.54) is 7.11 Å². The Morgan fingerprint density at radius 3 is 1.92 bits per heavy atom. The van der Waals surface area contributed by atoms with Crippen LogP contribution in [0.25, 0.3) is 33.6 Å². The van der Waals surface area contributed by atoms with Crippen LogP contribution in [0.1, 0.15) is 83.0 Å². The minimum atomic E-state index is -0.674. The first-order valence-corrected chi connectivity index (χ1v) is 18.0. The number of hydrogen-bond acceptors (Lipinski definition) is 7. The Kier molecular flexibility index (Phi) is 9.69. The number of amides is 3. The summed E-state index contributed by atoms with van der Waals surface area (Å²) >= 11 is 0. The fourth-order valence-corrected chi connectivity index (χ4v) is 8.22. The summed E-state index contributed by atoms with van der Waals surface area (Å²) in [4.78, 5) is 58.5. The van der Waals surface area contributed by atoms with Crippen LogP contribution in [0.4, 0.5) is 4.79 Å². The van der Waals surface area contributed by atoms with E-state index < -0.39 is 12.1 Å². The molecule has 1 spiro atoms. The Balaban J connectivity index is 1.02. The molecule has 12 heteroatoms. The summed E-state index contributed by atoms with van der Waals surface area (Å²) in [7, 11) is 1.30. The van der Waals surface area contributed by atoms with E-state index in [1.807, 2.05) is 31.1 Å². The quantitative estimate of drug-likeness (QED) is 0.193. The Hall–Kier alpha value is -4.97. The molecule has 3 amide bonds. The number of methoxy groups -OCH3 is 1. The second-order valence-corrected chi connectivity index (χ2v) is 14.3. The number of imidazole rings is 2. The van der Waals surface area contributed by atoms with Gasteiger partial charge in [0.15, 0.2) is 0 Å². The molecule has 5 heterocycles. The van der Waals surface area contributed by atoms with E-state index in [4.69, 9.17) is 14.5 Å². The lowest BCUT2D eigenvalue weighted by molar-refractivity contribution is -0.139. The lowest BCUT2D eigenvalue weighted by Crippen LogP contribution is -2.51. The number of likely N-dealkylation sites (tertiary alicyclic amines) is 2. The van der Waals surface area contributed by atoms with Crippen molar-refractivity contribution in [3.8, 4) is 33.6 Å². The number of alkyl carbamates (subject to hydrolysis) is 1. The van der Waals surface area contributed by atoms with Crippen molar-refractivity contribution < 1.29 is 23.9 Å². The van der Waals surface area contributed by atoms with E-state index >= 15 is 0 Å². The van der Waals surface area contributed by atoms with Gasteiger partial charge in [-0.2, -0.15) is 0 Å². The molecule has 7 rings (SSSR count). The summed E-state index contributed by atoms with van der Waals surface area (Å²) in [6.45, 7) is 7.48. The Bertz CT molecular complexity index is 1860. The van der Waals surface area contributed by atoms with E-state index in [9.17, 15) is 14.4 Å². The van der Waals surface area contributed by atoms with Gasteiger partial charge in [0.2, 0.25) is 11.8 Å². The van der Waals surface area contributed by atoms with Crippen LogP contribution in [0.3, 0.4) is 0 Å². The average molecular weight is 694 g/mol. The Morgan fingerprint density at radius 2 is 1.39 bits per heavy atom. The maximum Gasteiger partial charge on any atom is 0.407 e. The van der Waals surface area contributed by atoms with Gasteiger partial charge in [0.25, 0.3) is 0 Å². The molecule has 268 valence electrons. The first-order valence-electron chi connectivity index (χ1n) is 18.0. The molecule has 0 radical (unpaired) electrons. The molecule has 4 aromatic rings. The number of benzene rings is 2. The number of nitrogens with zero attached hydrogens (tertiary/aromatic N) is 4. The van der Waals surface area contributed by atoms with Gasteiger partial charge in [-0.15, -0.1) is 0 Å². The zero-order chi connectivity index (χ0) is 35.7. The second kappa shape index (κ2) is 14.3. The number of aromatic nitrogens is 4. The van der Waals surface area contributed by atoms with Gasteiger partial charge in [0.1, 0.15) is 17.7 Å². The maximum atomic E-state index is 13.5. The van der Waals surface area contributed by atoms with Crippen molar-refractivity contribution in [1.29, 1.82) is 0 Å². The van der Waals surface area contributed by atoms with Crippen molar-refractivity contribution in [3.63, 3.8) is 0 Å². The maximum absolute atomic E-state index is 13.5. The predicted octanol–water partition coefficient (Wildman–Crippen LogP) is 6.41. The minimum absolute atomic E-state index is 0.0507. The van der Waals surface area contributed by atoms with Gasteiger partial charge >= 0.3 is 6.09 Å². The van der Waals surface area contributed by atoms with Crippen molar-refractivity contribution >= 4 is 17.9 Å². The van der Waals surface area contributed by atoms with Gasteiger partial charge in [-0.25, -0.2) is 14.8 Å². The van der Waals surface area contributed by atoms with E-state index in [0.717, 1.165) is 83.8 Å². The van der Waals surface area contributed by atoms with E-state index in [1.54, 1.807) is 6.92 Å². The molecule has 51 heavy (non-hydrogen) atoms. The lowest BCUT2D eigenvalue weighted by atomic mass is 9.87. The van der Waals surface area contributed by atoms with Crippen LogP contribution in [0.5, 0.6) is 0 Å². The molecule has 0 saturated carbocycles. The fraction of sp³-hybridized carbons (Fsp3) is 0.462. The van der Waals surface area contributed by atoms with Crippen LogP contribution < -0.4 is 5.32 Å². The highest BCUT2D eigenvalue weighted by Gasteiger charge is 2.49. The fourth-order valence-electron chi connectivity index (χ4n) is 8.22. The normalized spacial score (nSPS) is 20.6. The topological polar surface area (TPSA) is 146 Å². The molecule has 3 saturated heterocycles. The molecule has 12 nitrogen and oxygen atoms in total. The second-order valence-electron chi connectivity index (χ2n) is 14.3. The molecule has 3 aliphatic heterocycles. The highest BCUT2D eigenvalue weighted by Crippen LogP contribution is 2.47. The largest absolute Gasteiger partial charge is 0.453 e. The predicted molar refractivity (Wildman–Crippen MR) is 192 cm³/mol. The standard InChI is InChI=1S/C39H47N7O5/c1-24(2)34(44-38(49)50-4)37(48)45-19-5-6-32(45)35-40-22-30(42-35)28-11-7-26(8-12-28)27-9-13-29(14-10-27)31-23-41-36(43-31)33-15-16-39(46(33)25(3)47)17-20-51-21-18-39/h7-14,22-24,32-34H,5-6,15-21H2,1-4H3,(H,40,42)(H,41,43)(H,44,49)/t32-,33?,34-/m0/s1. The summed E-state index contributed by atoms with van der Waals surface area (Å²) in [6.07, 6.45) is 8.35. The van der Waals surface area contributed by atoms with Crippen LogP contribution in [0.15, 0.2) is 60.9 Å². The monoisotopic (exact) mass is 693 g/mol. The zero-order valence-electron chi connectivity index (χ0n) is 29.8. The third kappa shape index (κ3) is 6.76. The van der Waals surface area contributed by atoms with Crippen LogP contribution in [-0.2, 0) is 19.1 Å². The summed E-state index contributed by atoms with van der Waals surface area (Å²) in [5.74, 6) is 1.46. The summed E-state index contributed by atoms with van der Waals surface area (Å²) in [6, 6.07) is 15.8. The van der Waals surface area contributed by atoms with E-state index in [2.05, 4.69) is 73.7 Å². The van der Waals surface area contributed by atoms with Crippen molar-refractivity contribution in [2.45, 2.75) is 83.0 Å². The highest BCUT2D eigenvalue weighted by atomic mass is 16.5. The van der Waals surface area contributed by atoms with Crippen molar-refractivity contribution in [1.82, 2.24) is 35.1 Å². The first kappa shape index (κ1) is 34.5. The molecule has 0 aliphatic carbocycles. The van der Waals surface area contributed by atoms with Gasteiger partial charge in [-0.1, -0.05) is 62.4 Å². The molecule has 3 aliphatic rings. The molecule has 3 N–H and O–H groups in total. The summed E-state index contributed by atoms with van der Waals surface area (Å²) < 4.78 is 10.4. The van der Waals surface area contributed by atoms with Crippen LogP contribution in [0, 0.1) is 5.92 Å². The number of hydrogen-bond donors (Lipinski definition) is 3. The third-order valence-corrected chi connectivity index (χ3v) is 10.9. The van der Waals surface area contributed by atoms with Gasteiger partial charge in [-0.05, 0) is 66.7 Å². The summed E-state index contributed by atoms with van der Waals surface area (Å²) in [5.41, 5.74) is 5.90. The number of H-pyrrole nitrogens is 2. The molecule has 3 atom stereocenters. The van der Waals surface area contributed by atoms with Crippen LogP contribution >= 0.6 is 0 Å². The SMILES string of the molecule is COC(=O)N[C@H](C(=O)N1CCC[C@H]1c1ncc(-c2ccc(-c3ccc(-c4cnc(C5CCC6(CCOCC6)N5C(C)=O)[nH]4)cc3)cc2)[nH]1)C(C)C. The first-order chi connectivity index (χ1) is 24.7. The number of ether oxygens (including phenoxy) is 2. The Morgan fingerprint density at radius 1 is 0.843 bits per heavy atom. The molecule has 3 fully saturated rings. The lowest BCUT2D eigenvalue weighted by Gasteiger charge is -2.42. The van der Waals surface area contributed by atoms with Gasteiger partial charge in [0, 0.05) is 32.2 Å². The number of carbonyl (C=O) groups is 3. The number of rotatable bonds is 8. The molecular weight excluding hydrogens is 646 g/mol. The smallest absolute Gasteiger partial charge is 0.407 e. The molecule has 2 aromatic carbocycles. The molecule has 1 unspecified atom stereocenters. The highest BCUT2D eigenvalue weighted by molar-refractivity contribution is 5.86. The van der Waals surface area contributed by atoms with Crippen molar-refractivity contribution in [2.24, 2.45) is 5.92 Å². The minimum Gasteiger partial charge on any atom is -0.453 e. The average Bonchev–Trinajstić information content (AvgIpc) is 3.97. The number of carbonyl (C=O) groups excluding carboxylic acids is 3.